The second-order valence-corrected chi connectivity index (χ2v) is 6.38. The Morgan fingerprint density at radius 1 is 0.870 bits per heavy atom. The standard InChI is InChI=1S/C15H14F3NO3S/c16-15(17,18)23(20,21)22-19(11-13-7-3-1-4-8-13)12-14-9-5-2-6-10-14/h1-10H,11-12H2/q+1/p+1. The lowest BCUT2D eigenvalue weighted by molar-refractivity contribution is -1.09. The molecule has 2 rings (SSSR count). The Balaban J connectivity index is 2.19. The van der Waals surface area contributed by atoms with Crippen LogP contribution in [0.2, 0.25) is 0 Å². The highest BCUT2D eigenvalue weighted by Crippen LogP contribution is 2.28. The van der Waals surface area contributed by atoms with Crippen molar-refractivity contribution in [2.45, 2.75) is 18.6 Å². The molecule has 8 heteroatoms. The highest BCUT2D eigenvalue weighted by molar-refractivity contribution is 7.93. The van der Waals surface area contributed by atoms with E-state index in [1.54, 1.807) is 60.7 Å². The van der Waals surface area contributed by atoms with E-state index in [1.165, 1.54) is 0 Å². The van der Waals surface area contributed by atoms with Crippen molar-refractivity contribution in [3.63, 3.8) is 0 Å². The summed E-state index contributed by atoms with van der Waals surface area (Å²) < 4.78 is 64.6. The van der Waals surface area contributed by atoms with Crippen LogP contribution in [0.25, 0.3) is 0 Å². The van der Waals surface area contributed by atoms with E-state index in [9.17, 15) is 21.9 Å². The van der Waals surface area contributed by atoms with E-state index in [4.69, 9.17) is 0 Å². The first-order chi connectivity index (χ1) is 10.8. The Morgan fingerprint density at radius 3 is 1.61 bits per heavy atom. The molecule has 0 heterocycles. The molecule has 0 saturated heterocycles. The van der Waals surface area contributed by atoms with Gasteiger partial charge in [-0.1, -0.05) is 60.7 Å². The minimum atomic E-state index is -5.67. The maximum atomic E-state index is 12.5. The van der Waals surface area contributed by atoms with Crippen molar-refractivity contribution in [3.8, 4) is 0 Å². The molecule has 0 amide bonds. The van der Waals surface area contributed by atoms with Gasteiger partial charge < -0.3 is 0 Å². The average Bonchev–Trinajstić information content (AvgIpc) is 2.47. The molecule has 0 aliphatic rings. The molecule has 0 spiro atoms. The van der Waals surface area contributed by atoms with Gasteiger partial charge in [0.15, 0.2) is 0 Å². The summed E-state index contributed by atoms with van der Waals surface area (Å²) in [7, 11) is -5.67. The van der Waals surface area contributed by atoms with E-state index in [0.29, 0.717) is 11.1 Å². The zero-order valence-electron chi connectivity index (χ0n) is 12.0. The predicted molar refractivity (Wildman–Crippen MR) is 77.1 cm³/mol. The van der Waals surface area contributed by atoms with Gasteiger partial charge >= 0.3 is 16.0 Å². The molecule has 2 aromatic carbocycles. The quantitative estimate of drug-likeness (QED) is 0.645. The number of rotatable bonds is 6. The van der Waals surface area contributed by atoms with Gasteiger partial charge in [-0.3, -0.25) is 0 Å². The number of quaternary nitrogens is 1. The zero-order chi connectivity index (χ0) is 16.9. The summed E-state index contributed by atoms with van der Waals surface area (Å²) in [5.41, 5.74) is -4.13. The third kappa shape index (κ3) is 5.14. The Hall–Kier alpha value is -1.74. The summed E-state index contributed by atoms with van der Waals surface area (Å²) in [6.45, 7) is -0.0455. The predicted octanol–water partition coefficient (Wildman–Crippen LogP) is 2.48. The third-order valence-corrected chi connectivity index (χ3v) is 4.02. The van der Waals surface area contributed by atoms with Crippen molar-refractivity contribution in [3.05, 3.63) is 71.8 Å². The van der Waals surface area contributed by atoms with Crippen LogP contribution in [-0.4, -0.2) is 5.51 Å². The van der Waals surface area contributed by atoms with E-state index in [0.717, 1.165) is 0 Å². The molecule has 1 unspecified atom stereocenters. The molecule has 0 saturated carbocycles. The maximum Gasteiger partial charge on any atom is 0.651 e. The normalized spacial score (nSPS) is 14.7. The molecule has 0 aliphatic heterocycles. The Kier molecular flexibility index (Phi) is 5.53. The van der Waals surface area contributed by atoms with Crippen LogP contribution < -0.4 is 5.06 Å². The van der Waals surface area contributed by atoms with E-state index in [2.05, 4.69) is 4.28 Å². The highest BCUT2D eigenvalue weighted by Gasteiger charge is 2.68. The fraction of sp³-hybridized carbons (Fsp3) is 0.200. The van der Waals surface area contributed by atoms with Crippen molar-refractivity contribution in [2.24, 2.45) is 0 Å². The molecule has 4 nitrogen and oxygen atoms in total. The molecule has 0 bridgehead atoms. The first-order valence-corrected chi connectivity index (χ1v) is 8.12. The Bertz CT molecular complexity index is 623. The summed E-state index contributed by atoms with van der Waals surface area (Å²) in [6.07, 6.45) is 0. The summed E-state index contributed by atoms with van der Waals surface area (Å²) in [6, 6.07) is 17.1. The second-order valence-electron chi connectivity index (χ2n) is 4.85. The fourth-order valence-corrected chi connectivity index (χ4v) is 2.49. The summed E-state index contributed by atoms with van der Waals surface area (Å²) >= 11 is 0. The number of benzene rings is 2. The van der Waals surface area contributed by atoms with Crippen molar-refractivity contribution < 1.29 is 31.3 Å². The molecule has 0 aliphatic carbocycles. The first-order valence-electron chi connectivity index (χ1n) is 6.71. The average molecular weight is 346 g/mol. The van der Waals surface area contributed by atoms with Crippen LogP contribution in [-0.2, 0) is 36.6 Å². The summed E-state index contributed by atoms with van der Waals surface area (Å²) in [5, 5.41) is -0.181. The van der Waals surface area contributed by atoms with Crippen LogP contribution in [0.4, 0.5) is 13.2 Å². The number of hydrogen-bond acceptors (Lipinski definition) is 2. The van der Waals surface area contributed by atoms with E-state index in [-0.39, 0.29) is 18.2 Å². The lowest BCUT2D eigenvalue weighted by atomic mass is 10.2. The summed E-state index contributed by atoms with van der Waals surface area (Å²) in [4.78, 5) is 0. The van der Waals surface area contributed by atoms with Gasteiger partial charge in [0.05, 0.1) is 8.84 Å². The van der Waals surface area contributed by atoms with Crippen LogP contribution in [0.1, 0.15) is 11.1 Å². The molecular weight excluding hydrogens is 331 g/mol. The molecule has 2 aromatic rings. The van der Waals surface area contributed by atoms with Crippen LogP contribution in [0.3, 0.4) is 0 Å². The monoisotopic (exact) mass is 346 g/mol. The SMILES string of the molecule is [O][S+](=O)(O[NH+](Cc1ccccc1)Cc1ccccc1)C(F)(F)F. The molecule has 123 valence electrons. The van der Waals surface area contributed by atoms with E-state index < -0.39 is 16.0 Å². The number of alkyl halides is 3. The van der Waals surface area contributed by atoms with Gasteiger partial charge in [-0.25, -0.2) is 0 Å². The third-order valence-electron chi connectivity index (χ3n) is 3.00. The van der Waals surface area contributed by atoms with Gasteiger partial charge in [0.25, 0.3) is 0 Å². The van der Waals surface area contributed by atoms with Gasteiger partial charge in [0.1, 0.15) is 13.1 Å². The van der Waals surface area contributed by atoms with Gasteiger partial charge in [-0.15, -0.1) is 18.2 Å². The van der Waals surface area contributed by atoms with Crippen LogP contribution in [0.15, 0.2) is 60.7 Å². The van der Waals surface area contributed by atoms with E-state index in [1.807, 2.05) is 0 Å². The lowest BCUT2D eigenvalue weighted by Crippen LogP contribution is -3.09. The van der Waals surface area contributed by atoms with Crippen molar-refractivity contribution >= 4 is 10.5 Å². The molecule has 0 aromatic heterocycles. The van der Waals surface area contributed by atoms with Crippen LogP contribution >= 0.6 is 0 Å². The molecular formula is C15H15F3NO3S+2. The molecule has 0 fully saturated rings. The van der Waals surface area contributed by atoms with Crippen LogP contribution in [0.5, 0.6) is 0 Å². The van der Waals surface area contributed by atoms with Gasteiger partial charge in [-0.2, -0.15) is 0 Å². The lowest BCUT2D eigenvalue weighted by Gasteiger charge is -2.14. The van der Waals surface area contributed by atoms with Crippen molar-refractivity contribution in [2.75, 3.05) is 0 Å². The van der Waals surface area contributed by atoms with Gasteiger partial charge in [0, 0.05) is 11.1 Å². The minimum absolute atomic E-state index is 0.0228. The van der Waals surface area contributed by atoms with Gasteiger partial charge in [-0.05, 0) is 4.21 Å². The number of hydroxylamine groups is 2. The second kappa shape index (κ2) is 7.22. The Labute approximate surface area is 132 Å². The largest absolute Gasteiger partial charge is 0.651 e. The highest BCUT2D eigenvalue weighted by atomic mass is 32.3. The smallest absolute Gasteiger partial charge is 0.129 e. The van der Waals surface area contributed by atoms with Crippen molar-refractivity contribution in [1.29, 1.82) is 0 Å². The minimum Gasteiger partial charge on any atom is -0.129 e. The zero-order valence-corrected chi connectivity index (χ0v) is 12.8. The fourth-order valence-electron chi connectivity index (χ4n) is 1.97. The van der Waals surface area contributed by atoms with Gasteiger partial charge in [0.2, 0.25) is 0 Å². The number of hydrogen-bond donors (Lipinski definition) is 1. The molecule has 23 heavy (non-hydrogen) atoms. The topological polar surface area (TPSA) is 50.6 Å². The van der Waals surface area contributed by atoms with Crippen molar-refractivity contribution in [1.82, 2.24) is 0 Å². The number of nitrogens with one attached hydrogen (secondary N) is 1. The first kappa shape index (κ1) is 17.6. The van der Waals surface area contributed by atoms with E-state index >= 15 is 0 Å². The Morgan fingerprint density at radius 2 is 1.26 bits per heavy atom. The molecule has 1 N–H and O–H groups in total. The molecule has 1 radical (unpaired) electrons. The summed E-state index contributed by atoms with van der Waals surface area (Å²) in [5.74, 6) is 0. The maximum absolute atomic E-state index is 12.5. The molecule has 1 atom stereocenters. The van der Waals surface area contributed by atoms with Crippen LogP contribution in [0, 0.1) is 0 Å². The number of halogens is 3.